The van der Waals surface area contributed by atoms with Crippen LogP contribution in [0.2, 0.25) is 0 Å². The van der Waals surface area contributed by atoms with Crippen molar-refractivity contribution in [2.75, 3.05) is 13.1 Å². The zero-order chi connectivity index (χ0) is 12.4. The van der Waals surface area contributed by atoms with Gasteiger partial charge in [-0.3, -0.25) is 4.79 Å². The highest BCUT2D eigenvalue weighted by Crippen LogP contribution is 2.17. The fourth-order valence-electron chi connectivity index (χ4n) is 2.12. The maximum atomic E-state index is 12.1. The second-order valence-corrected chi connectivity index (χ2v) is 4.97. The van der Waals surface area contributed by atoms with E-state index in [1.165, 1.54) is 5.56 Å². The number of aliphatic hydroxyl groups excluding tert-OH is 1. The first-order valence-corrected chi connectivity index (χ1v) is 6.15. The topological polar surface area (TPSA) is 40.5 Å². The summed E-state index contributed by atoms with van der Waals surface area (Å²) in [5.41, 5.74) is 1.95. The van der Waals surface area contributed by atoms with E-state index < -0.39 is 0 Å². The third-order valence-electron chi connectivity index (χ3n) is 3.27. The predicted octanol–water partition coefficient (Wildman–Crippen LogP) is 2.02. The summed E-state index contributed by atoms with van der Waals surface area (Å²) in [6, 6.07) is 7.76. The molecule has 1 N–H and O–H groups in total. The van der Waals surface area contributed by atoms with Gasteiger partial charge in [0.05, 0.1) is 6.10 Å². The Hall–Kier alpha value is -1.35. The molecule has 0 aromatic heterocycles. The van der Waals surface area contributed by atoms with E-state index in [0.717, 1.165) is 0 Å². The van der Waals surface area contributed by atoms with Crippen molar-refractivity contribution in [1.29, 1.82) is 0 Å². The molecular weight excluding hydrogens is 214 g/mol. The Bertz CT molecular complexity index is 397. The zero-order valence-corrected chi connectivity index (χ0v) is 10.4. The van der Waals surface area contributed by atoms with Crippen LogP contribution in [-0.4, -0.2) is 35.1 Å². The van der Waals surface area contributed by atoms with Crippen molar-refractivity contribution < 1.29 is 9.90 Å². The first kappa shape index (κ1) is 12.1. The molecule has 1 fully saturated rings. The van der Waals surface area contributed by atoms with Crippen LogP contribution in [0.5, 0.6) is 0 Å². The van der Waals surface area contributed by atoms with E-state index in [-0.39, 0.29) is 12.0 Å². The van der Waals surface area contributed by atoms with Gasteiger partial charge in [-0.2, -0.15) is 0 Å². The van der Waals surface area contributed by atoms with Gasteiger partial charge >= 0.3 is 0 Å². The fourth-order valence-corrected chi connectivity index (χ4v) is 2.12. The van der Waals surface area contributed by atoms with Gasteiger partial charge in [-0.1, -0.05) is 26.0 Å². The number of hydrogen-bond donors (Lipinski definition) is 1. The SMILES string of the molecule is CC(C)c1ccc(C(=O)N2CC[C@H](O)C2)cc1. The minimum Gasteiger partial charge on any atom is -0.391 e. The molecule has 92 valence electrons. The Labute approximate surface area is 102 Å². The van der Waals surface area contributed by atoms with Crippen LogP contribution < -0.4 is 0 Å². The minimum absolute atomic E-state index is 0.0249. The Morgan fingerprint density at radius 3 is 2.47 bits per heavy atom. The lowest BCUT2D eigenvalue weighted by molar-refractivity contribution is 0.0765. The second kappa shape index (κ2) is 4.88. The molecule has 17 heavy (non-hydrogen) atoms. The second-order valence-electron chi connectivity index (χ2n) is 4.97. The molecule has 1 heterocycles. The van der Waals surface area contributed by atoms with Crippen molar-refractivity contribution in [2.24, 2.45) is 0 Å². The number of rotatable bonds is 2. The quantitative estimate of drug-likeness (QED) is 0.849. The Balaban J connectivity index is 2.09. The summed E-state index contributed by atoms with van der Waals surface area (Å²) in [4.78, 5) is 13.8. The van der Waals surface area contributed by atoms with Crippen LogP contribution in [0.4, 0.5) is 0 Å². The number of hydrogen-bond acceptors (Lipinski definition) is 2. The van der Waals surface area contributed by atoms with Gasteiger partial charge in [-0.25, -0.2) is 0 Å². The van der Waals surface area contributed by atoms with Crippen molar-refractivity contribution in [1.82, 2.24) is 4.90 Å². The molecule has 0 saturated carbocycles. The highest BCUT2D eigenvalue weighted by atomic mass is 16.3. The standard InChI is InChI=1S/C14H19NO2/c1-10(2)11-3-5-12(6-4-11)14(17)15-8-7-13(16)9-15/h3-6,10,13,16H,7-9H2,1-2H3/t13-/m0/s1. The summed E-state index contributed by atoms with van der Waals surface area (Å²) in [7, 11) is 0. The number of aliphatic hydroxyl groups is 1. The van der Waals surface area contributed by atoms with Gasteiger partial charge in [-0.15, -0.1) is 0 Å². The molecule has 1 aromatic carbocycles. The lowest BCUT2D eigenvalue weighted by Gasteiger charge is -2.16. The zero-order valence-electron chi connectivity index (χ0n) is 10.4. The average Bonchev–Trinajstić information content (AvgIpc) is 2.75. The number of likely N-dealkylation sites (tertiary alicyclic amines) is 1. The maximum absolute atomic E-state index is 12.1. The molecular formula is C14H19NO2. The van der Waals surface area contributed by atoms with Crippen molar-refractivity contribution in [3.63, 3.8) is 0 Å². The molecule has 0 spiro atoms. The minimum atomic E-state index is -0.353. The molecule has 3 nitrogen and oxygen atoms in total. The summed E-state index contributed by atoms with van der Waals surface area (Å²) in [6.07, 6.45) is 0.337. The number of β-amino-alcohol motifs (C(OH)–C–C–N with tert-alkyl or cyclic N) is 1. The predicted molar refractivity (Wildman–Crippen MR) is 67.1 cm³/mol. The number of carbonyl (C=O) groups excluding carboxylic acids is 1. The van der Waals surface area contributed by atoms with Gasteiger partial charge in [0.25, 0.3) is 5.91 Å². The van der Waals surface area contributed by atoms with Crippen LogP contribution in [0, 0.1) is 0 Å². The summed E-state index contributed by atoms with van der Waals surface area (Å²) in [5.74, 6) is 0.504. The summed E-state index contributed by atoms with van der Waals surface area (Å²) in [6.45, 7) is 5.39. The number of nitrogens with zero attached hydrogens (tertiary/aromatic N) is 1. The molecule has 0 radical (unpaired) electrons. The lowest BCUT2D eigenvalue weighted by Crippen LogP contribution is -2.29. The highest BCUT2D eigenvalue weighted by Gasteiger charge is 2.25. The van der Waals surface area contributed by atoms with E-state index in [9.17, 15) is 9.90 Å². The van der Waals surface area contributed by atoms with Crippen LogP contribution in [0.25, 0.3) is 0 Å². The Morgan fingerprint density at radius 2 is 2.00 bits per heavy atom. The molecule has 1 aliphatic rings. The maximum Gasteiger partial charge on any atom is 0.253 e. The Morgan fingerprint density at radius 1 is 1.35 bits per heavy atom. The monoisotopic (exact) mass is 233 g/mol. The van der Waals surface area contributed by atoms with E-state index >= 15 is 0 Å². The molecule has 2 rings (SSSR count). The van der Waals surface area contributed by atoms with Crippen molar-refractivity contribution in [3.05, 3.63) is 35.4 Å². The van der Waals surface area contributed by atoms with Crippen LogP contribution in [0.15, 0.2) is 24.3 Å². The van der Waals surface area contributed by atoms with Crippen LogP contribution in [0.3, 0.4) is 0 Å². The van der Waals surface area contributed by atoms with Crippen molar-refractivity contribution >= 4 is 5.91 Å². The van der Waals surface area contributed by atoms with Crippen LogP contribution >= 0.6 is 0 Å². The van der Waals surface area contributed by atoms with Gasteiger partial charge in [0.15, 0.2) is 0 Å². The number of benzene rings is 1. The molecule has 1 aromatic rings. The average molecular weight is 233 g/mol. The summed E-state index contributed by atoms with van der Waals surface area (Å²) in [5, 5.41) is 9.42. The smallest absolute Gasteiger partial charge is 0.253 e. The number of carbonyl (C=O) groups is 1. The lowest BCUT2D eigenvalue weighted by atomic mass is 10.0. The van der Waals surface area contributed by atoms with E-state index in [0.29, 0.717) is 31.0 Å². The molecule has 1 aliphatic heterocycles. The van der Waals surface area contributed by atoms with Gasteiger partial charge in [0, 0.05) is 18.7 Å². The van der Waals surface area contributed by atoms with Gasteiger partial charge in [0.1, 0.15) is 0 Å². The van der Waals surface area contributed by atoms with Crippen LogP contribution in [0.1, 0.15) is 42.1 Å². The van der Waals surface area contributed by atoms with E-state index in [1.54, 1.807) is 4.90 Å². The molecule has 0 unspecified atom stereocenters. The van der Waals surface area contributed by atoms with Crippen molar-refractivity contribution in [3.8, 4) is 0 Å². The first-order valence-electron chi connectivity index (χ1n) is 6.15. The molecule has 1 atom stereocenters. The van der Waals surface area contributed by atoms with E-state index in [1.807, 2.05) is 24.3 Å². The molecule has 0 bridgehead atoms. The highest BCUT2D eigenvalue weighted by molar-refractivity contribution is 5.94. The third kappa shape index (κ3) is 2.67. The summed E-state index contributed by atoms with van der Waals surface area (Å²) < 4.78 is 0. The summed E-state index contributed by atoms with van der Waals surface area (Å²) >= 11 is 0. The van der Waals surface area contributed by atoms with E-state index in [4.69, 9.17) is 0 Å². The van der Waals surface area contributed by atoms with Crippen molar-refractivity contribution in [2.45, 2.75) is 32.3 Å². The largest absolute Gasteiger partial charge is 0.391 e. The van der Waals surface area contributed by atoms with Gasteiger partial charge in [-0.05, 0) is 30.0 Å². The Kier molecular flexibility index (Phi) is 3.48. The normalized spacial score (nSPS) is 20.0. The molecule has 3 heteroatoms. The van der Waals surface area contributed by atoms with Crippen LogP contribution in [-0.2, 0) is 0 Å². The number of amides is 1. The molecule has 1 amide bonds. The first-order chi connectivity index (χ1) is 8.08. The van der Waals surface area contributed by atoms with E-state index in [2.05, 4.69) is 13.8 Å². The third-order valence-corrected chi connectivity index (χ3v) is 3.27. The van der Waals surface area contributed by atoms with Gasteiger partial charge in [0.2, 0.25) is 0 Å². The molecule has 1 saturated heterocycles. The van der Waals surface area contributed by atoms with Gasteiger partial charge < -0.3 is 10.0 Å². The molecule has 0 aliphatic carbocycles. The fraction of sp³-hybridized carbons (Fsp3) is 0.500.